The zero-order valence-electron chi connectivity index (χ0n) is 20.2. The molecule has 1 aromatic carbocycles. The van der Waals surface area contributed by atoms with Crippen molar-refractivity contribution in [2.45, 2.75) is 37.0 Å². The van der Waals surface area contributed by atoms with Gasteiger partial charge in [-0.3, -0.25) is 19.1 Å². The molecule has 37 heavy (non-hydrogen) atoms. The van der Waals surface area contributed by atoms with Crippen molar-refractivity contribution in [1.82, 2.24) is 14.5 Å². The summed E-state index contributed by atoms with van der Waals surface area (Å²) in [5, 5.41) is 0.0634. The van der Waals surface area contributed by atoms with Crippen LogP contribution in [0.25, 0.3) is 16.9 Å². The van der Waals surface area contributed by atoms with E-state index in [1.54, 1.807) is 38.2 Å². The van der Waals surface area contributed by atoms with Crippen LogP contribution in [-0.2, 0) is 9.84 Å². The van der Waals surface area contributed by atoms with E-state index >= 15 is 4.39 Å². The van der Waals surface area contributed by atoms with Gasteiger partial charge in [-0.25, -0.2) is 12.8 Å². The summed E-state index contributed by atoms with van der Waals surface area (Å²) in [6, 6.07) is 11.0. The fourth-order valence-corrected chi connectivity index (χ4v) is 5.85. The molecule has 0 spiro atoms. The number of rotatable bonds is 5. The first-order chi connectivity index (χ1) is 17.5. The molecule has 0 aliphatic heterocycles. The highest BCUT2D eigenvalue weighted by Gasteiger charge is 2.42. The van der Waals surface area contributed by atoms with Crippen LogP contribution in [0.5, 0.6) is 0 Å². The van der Waals surface area contributed by atoms with E-state index in [1.807, 2.05) is 6.07 Å². The molecule has 0 amide bonds. The minimum absolute atomic E-state index is 0.00602. The maximum atomic E-state index is 15.1. The smallest absolute Gasteiger partial charge is 0.274 e. The van der Waals surface area contributed by atoms with E-state index in [0.717, 1.165) is 6.26 Å². The molecule has 1 fully saturated rings. The van der Waals surface area contributed by atoms with Gasteiger partial charge in [0.25, 0.3) is 11.1 Å². The number of benzene rings is 1. The first kappa shape index (κ1) is 25.1. The topological polar surface area (TPSA) is 102 Å². The van der Waals surface area contributed by atoms with E-state index in [9.17, 15) is 18.0 Å². The zero-order valence-corrected chi connectivity index (χ0v) is 21.8. The minimum atomic E-state index is -3.78. The van der Waals surface area contributed by atoms with E-state index in [2.05, 4.69) is 9.97 Å². The Bertz CT molecular complexity index is 1800. The van der Waals surface area contributed by atoms with Crippen molar-refractivity contribution in [3.63, 3.8) is 0 Å². The molecule has 0 radical (unpaired) electrons. The maximum absolute atomic E-state index is 15.1. The molecule has 2 atom stereocenters. The lowest BCUT2D eigenvalue weighted by Crippen LogP contribution is -2.23. The van der Waals surface area contributed by atoms with Gasteiger partial charge in [-0.15, -0.1) is 0 Å². The van der Waals surface area contributed by atoms with Gasteiger partial charge in [-0.2, -0.15) is 0 Å². The summed E-state index contributed by atoms with van der Waals surface area (Å²) in [4.78, 5) is 32.2. The summed E-state index contributed by atoms with van der Waals surface area (Å²) in [5.41, 5.74) is 2.67. The van der Waals surface area contributed by atoms with Crippen molar-refractivity contribution in [2.75, 3.05) is 6.26 Å². The fraction of sp³-hybridized carbons (Fsp3) is 0.222. The molecule has 190 valence electrons. The fourth-order valence-electron chi connectivity index (χ4n) is 4.81. The van der Waals surface area contributed by atoms with E-state index in [1.165, 1.54) is 29.0 Å². The summed E-state index contributed by atoms with van der Waals surface area (Å²) in [6.07, 6.45) is 4.73. The molecule has 3 aromatic heterocycles. The Morgan fingerprint density at radius 2 is 1.81 bits per heavy atom. The number of H-pyrrole nitrogens is 1. The van der Waals surface area contributed by atoms with Crippen LogP contribution in [0.1, 0.15) is 40.6 Å². The summed E-state index contributed by atoms with van der Waals surface area (Å²) in [5.74, 6) is -0.962. The van der Waals surface area contributed by atoms with Crippen LogP contribution in [0.4, 0.5) is 4.39 Å². The zero-order chi connectivity index (χ0) is 26.6. The number of aromatic nitrogens is 3. The number of hydrogen-bond acceptors (Lipinski definition) is 5. The Hall–Kier alpha value is -3.56. The average molecular weight is 540 g/mol. The molecule has 1 unspecified atom stereocenters. The van der Waals surface area contributed by atoms with Crippen LogP contribution in [-0.4, -0.2) is 29.2 Å². The molecule has 7 nitrogen and oxygen atoms in total. The van der Waals surface area contributed by atoms with E-state index in [4.69, 9.17) is 11.6 Å². The summed E-state index contributed by atoms with van der Waals surface area (Å²) in [7, 11) is -3.78. The molecule has 4 aromatic rings. The lowest BCUT2D eigenvalue weighted by molar-refractivity contribution is 0.572. The molecule has 1 saturated carbocycles. The third-order valence-electron chi connectivity index (χ3n) is 6.75. The van der Waals surface area contributed by atoms with Crippen LogP contribution in [0.2, 0.25) is 5.02 Å². The molecular weight excluding hydrogens is 517 g/mol. The van der Waals surface area contributed by atoms with Gasteiger partial charge in [-0.1, -0.05) is 23.7 Å². The molecule has 1 aliphatic rings. The van der Waals surface area contributed by atoms with Crippen molar-refractivity contribution >= 4 is 21.4 Å². The standard InChI is InChI=1S/C27H23ClFN3O4S/c1-14-13-31-21(17-6-4-8-23(25(17)29)37(3,35)36)12-22(14)32-15(2)10-20(24(28)27(32)34)19-11-18(19)16-7-5-9-30-26(16)33/h4-10,12-13,18-19H,11H2,1-3H3,(H,30,33)/t18?,19-/m1/s1. The number of hydrogen-bond donors (Lipinski definition) is 1. The van der Waals surface area contributed by atoms with Gasteiger partial charge in [0.05, 0.1) is 11.4 Å². The van der Waals surface area contributed by atoms with E-state index in [-0.39, 0.29) is 33.7 Å². The Balaban J connectivity index is 1.59. The van der Waals surface area contributed by atoms with Crippen LogP contribution in [0.3, 0.4) is 0 Å². The third-order valence-corrected chi connectivity index (χ3v) is 8.25. The average Bonchev–Trinajstić information content (AvgIpc) is 3.63. The Morgan fingerprint density at radius 1 is 1.08 bits per heavy atom. The largest absolute Gasteiger partial charge is 0.329 e. The minimum Gasteiger partial charge on any atom is -0.329 e. The highest BCUT2D eigenvalue weighted by atomic mass is 35.5. The monoisotopic (exact) mass is 539 g/mol. The van der Waals surface area contributed by atoms with Crippen molar-refractivity contribution in [1.29, 1.82) is 0 Å². The molecule has 0 saturated heterocycles. The number of aryl methyl sites for hydroxylation is 2. The number of nitrogens with zero attached hydrogens (tertiary/aromatic N) is 2. The molecule has 3 heterocycles. The summed E-state index contributed by atoms with van der Waals surface area (Å²) < 4.78 is 40.6. The van der Waals surface area contributed by atoms with Gasteiger partial charge < -0.3 is 4.98 Å². The van der Waals surface area contributed by atoms with Crippen LogP contribution >= 0.6 is 11.6 Å². The lowest BCUT2D eigenvalue weighted by Gasteiger charge is -2.17. The van der Waals surface area contributed by atoms with Gasteiger partial charge in [-0.05, 0) is 73.6 Å². The Morgan fingerprint density at radius 3 is 2.51 bits per heavy atom. The van der Waals surface area contributed by atoms with Gasteiger partial charge in [0.2, 0.25) is 0 Å². The SMILES string of the molecule is Cc1cnc(-c2cccc(S(C)(=O)=O)c2F)cc1-n1c(C)cc([C@@H]2CC2c2ccc[nH]c2=O)c(Cl)c1=O. The number of pyridine rings is 3. The number of halogens is 2. The first-order valence-electron chi connectivity index (χ1n) is 11.5. The number of nitrogens with one attached hydrogen (secondary N) is 1. The van der Waals surface area contributed by atoms with Crippen molar-refractivity contribution in [3.05, 3.63) is 109 Å². The quantitative estimate of drug-likeness (QED) is 0.397. The second kappa shape index (κ2) is 9.08. The predicted molar refractivity (Wildman–Crippen MR) is 140 cm³/mol. The van der Waals surface area contributed by atoms with Gasteiger partial charge in [0.1, 0.15) is 9.92 Å². The highest BCUT2D eigenvalue weighted by molar-refractivity contribution is 7.90. The normalized spacial score (nSPS) is 17.1. The van der Waals surface area contributed by atoms with Crippen LogP contribution in [0, 0.1) is 19.7 Å². The van der Waals surface area contributed by atoms with Gasteiger partial charge in [0.15, 0.2) is 15.7 Å². The second-order valence-corrected chi connectivity index (χ2v) is 11.7. The van der Waals surface area contributed by atoms with Crippen molar-refractivity contribution in [2.24, 2.45) is 0 Å². The highest BCUT2D eigenvalue weighted by Crippen LogP contribution is 2.55. The third kappa shape index (κ3) is 4.42. The number of aromatic amines is 1. The Kier molecular flexibility index (Phi) is 6.16. The molecule has 1 aliphatic carbocycles. The maximum Gasteiger partial charge on any atom is 0.274 e. The molecule has 5 rings (SSSR count). The Labute approximate surface area is 217 Å². The molecule has 1 N–H and O–H groups in total. The van der Waals surface area contributed by atoms with Gasteiger partial charge >= 0.3 is 0 Å². The number of sulfone groups is 1. The predicted octanol–water partition coefficient (Wildman–Crippen LogP) is 4.67. The lowest BCUT2D eigenvalue weighted by atomic mass is 10.0. The van der Waals surface area contributed by atoms with E-state index in [0.29, 0.717) is 34.5 Å². The van der Waals surface area contributed by atoms with Gasteiger partial charge in [0, 0.05) is 35.5 Å². The summed E-state index contributed by atoms with van der Waals surface area (Å²) in [6.45, 7) is 3.54. The van der Waals surface area contributed by atoms with Crippen molar-refractivity contribution in [3.8, 4) is 16.9 Å². The molecule has 10 heteroatoms. The van der Waals surface area contributed by atoms with E-state index < -0.39 is 26.1 Å². The molecular formula is C27H23ClFN3O4S. The first-order valence-corrected chi connectivity index (χ1v) is 13.8. The van der Waals surface area contributed by atoms with Crippen LogP contribution < -0.4 is 11.1 Å². The molecule has 0 bridgehead atoms. The van der Waals surface area contributed by atoms with Crippen LogP contribution in [0.15, 0.2) is 69.3 Å². The second-order valence-electron chi connectivity index (χ2n) is 9.34. The van der Waals surface area contributed by atoms with Crippen molar-refractivity contribution < 1.29 is 12.8 Å². The summed E-state index contributed by atoms with van der Waals surface area (Å²) >= 11 is 6.59.